The molecule has 0 saturated heterocycles. The van der Waals surface area contributed by atoms with Crippen LogP contribution in [0.3, 0.4) is 0 Å². The highest BCUT2D eigenvalue weighted by molar-refractivity contribution is 7.99. The second-order valence-electron chi connectivity index (χ2n) is 7.87. The lowest BCUT2D eigenvalue weighted by Gasteiger charge is -2.11. The number of aromatic nitrogens is 4. The highest BCUT2D eigenvalue weighted by atomic mass is 32.2. The second kappa shape index (κ2) is 9.47. The summed E-state index contributed by atoms with van der Waals surface area (Å²) in [7, 11) is -3.78. The molecule has 176 valence electrons. The van der Waals surface area contributed by atoms with E-state index in [4.69, 9.17) is 0 Å². The smallest absolute Gasteiger partial charge is 0.262 e. The van der Waals surface area contributed by atoms with Crippen LogP contribution in [0.1, 0.15) is 25.7 Å². The van der Waals surface area contributed by atoms with Gasteiger partial charge in [0.1, 0.15) is 5.84 Å². The van der Waals surface area contributed by atoms with Crippen LogP contribution >= 0.6 is 11.8 Å². The largest absolute Gasteiger partial charge is 0.325 e. The number of aromatic amines is 1. The maximum absolute atomic E-state index is 12.8. The number of carbonyl (C=O) groups excluding carboxylic acids is 1. The normalized spacial score (nSPS) is 14.6. The predicted molar refractivity (Wildman–Crippen MR) is 132 cm³/mol. The van der Waals surface area contributed by atoms with Crippen molar-refractivity contribution in [3.05, 3.63) is 48.5 Å². The molecular weight excluding hydrogens is 474 g/mol. The molecule has 0 unspecified atom stereocenters. The Balaban J connectivity index is 1.25. The van der Waals surface area contributed by atoms with Crippen molar-refractivity contribution in [1.29, 1.82) is 0 Å². The van der Waals surface area contributed by atoms with Crippen LogP contribution in [0.2, 0.25) is 0 Å². The van der Waals surface area contributed by atoms with E-state index >= 15 is 0 Å². The van der Waals surface area contributed by atoms with Gasteiger partial charge in [0, 0.05) is 18.7 Å². The summed E-state index contributed by atoms with van der Waals surface area (Å²) in [6, 6.07) is 13.9. The Morgan fingerprint density at radius 1 is 1.12 bits per heavy atom. The molecule has 10 nitrogen and oxygen atoms in total. The molecule has 4 aromatic rings. The molecule has 3 heterocycles. The number of anilines is 1. The second-order valence-corrected chi connectivity index (χ2v) is 10.5. The minimum atomic E-state index is -3.78. The van der Waals surface area contributed by atoms with E-state index in [2.05, 4.69) is 30.2 Å². The number of carbonyl (C=O) groups is 1. The summed E-state index contributed by atoms with van der Waals surface area (Å²) in [5.41, 5.74) is 2.14. The molecule has 1 amide bonds. The van der Waals surface area contributed by atoms with E-state index in [1.165, 1.54) is 23.9 Å². The van der Waals surface area contributed by atoms with E-state index in [0.717, 1.165) is 30.3 Å². The molecule has 2 aromatic heterocycles. The fourth-order valence-electron chi connectivity index (χ4n) is 3.78. The minimum absolute atomic E-state index is 0.0730. The molecule has 0 atom stereocenters. The van der Waals surface area contributed by atoms with Gasteiger partial charge in [-0.2, -0.15) is 0 Å². The number of nitrogens with one attached hydrogen (secondary N) is 3. The van der Waals surface area contributed by atoms with Gasteiger partial charge in [-0.05, 0) is 43.2 Å². The Bertz CT molecular complexity index is 1490. The SMILES string of the molecule is O=C(CSc1n[nH]c2nc3ccccc3n12)Nc1cccc(S(=O)(=O)NC2=NCCCCC2)c1. The van der Waals surface area contributed by atoms with Gasteiger partial charge in [0.05, 0.1) is 21.7 Å². The molecular formula is C22H23N7O3S2. The number of sulfonamides is 1. The zero-order chi connectivity index (χ0) is 23.5. The maximum atomic E-state index is 12.8. The first-order valence-electron chi connectivity index (χ1n) is 10.9. The third-order valence-electron chi connectivity index (χ3n) is 5.39. The molecule has 2 aromatic carbocycles. The van der Waals surface area contributed by atoms with E-state index in [1.807, 2.05) is 28.7 Å². The quantitative estimate of drug-likeness (QED) is 0.350. The third-order valence-corrected chi connectivity index (χ3v) is 7.71. The molecule has 0 radical (unpaired) electrons. The number of hydrogen-bond acceptors (Lipinski definition) is 7. The molecule has 12 heteroatoms. The van der Waals surface area contributed by atoms with E-state index < -0.39 is 10.0 Å². The summed E-state index contributed by atoms with van der Waals surface area (Å²) in [6.07, 6.45) is 3.52. The van der Waals surface area contributed by atoms with Crippen LogP contribution in [0.25, 0.3) is 16.8 Å². The van der Waals surface area contributed by atoms with E-state index in [-0.39, 0.29) is 16.6 Å². The van der Waals surface area contributed by atoms with Crippen LogP contribution in [0.4, 0.5) is 5.69 Å². The molecule has 1 aliphatic heterocycles. The van der Waals surface area contributed by atoms with Crippen molar-refractivity contribution in [2.45, 2.75) is 35.7 Å². The lowest BCUT2D eigenvalue weighted by Crippen LogP contribution is -2.30. The number of nitrogens with zero attached hydrogens (tertiary/aromatic N) is 4. The topological polar surface area (TPSA) is 134 Å². The minimum Gasteiger partial charge on any atom is -0.325 e. The molecule has 0 aliphatic carbocycles. The van der Waals surface area contributed by atoms with Crippen LogP contribution in [0, 0.1) is 0 Å². The van der Waals surface area contributed by atoms with Gasteiger partial charge in [-0.25, -0.2) is 18.5 Å². The number of amides is 1. The number of amidine groups is 1. The first-order chi connectivity index (χ1) is 16.5. The molecule has 1 aliphatic rings. The summed E-state index contributed by atoms with van der Waals surface area (Å²) in [6.45, 7) is 0.628. The van der Waals surface area contributed by atoms with Crippen molar-refractivity contribution >= 4 is 56.0 Å². The average molecular weight is 498 g/mol. The Hall–Kier alpha value is -3.38. The average Bonchev–Trinajstić information content (AvgIpc) is 3.28. The number of thioether (sulfide) groups is 1. The predicted octanol–water partition coefficient (Wildman–Crippen LogP) is 3.19. The fraction of sp³-hybridized carbons (Fsp3) is 0.273. The van der Waals surface area contributed by atoms with Crippen LogP contribution in [-0.2, 0) is 14.8 Å². The van der Waals surface area contributed by atoms with Crippen molar-refractivity contribution in [2.75, 3.05) is 17.6 Å². The third kappa shape index (κ3) is 4.77. The van der Waals surface area contributed by atoms with Gasteiger partial charge in [0.2, 0.25) is 11.7 Å². The van der Waals surface area contributed by atoms with Gasteiger partial charge in [-0.1, -0.05) is 36.4 Å². The van der Waals surface area contributed by atoms with E-state index in [0.29, 0.717) is 35.4 Å². The highest BCUT2D eigenvalue weighted by Crippen LogP contribution is 2.23. The lowest BCUT2D eigenvalue weighted by molar-refractivity contribution is -0.113. The summed E-state index contributed by atoms with van der Waals surface area (Å²) in [5.74, 6) is 0.910. The number of aliphatic imine (C=N–C) groups is 1. The van der Waals surface area contributed by atoms with Crippen molar-refractivity contribution in [1.82, 2.24) is 24.3 Å². The standard InChI is InChI=1S/C22H23N7O3S2/c30-20(14-33-22-27-26-21-25-17-9-3-4-10-18(17)29(21)22)24-15-7-6-8-16(13-15)34(31,32)28-19-11-2-1-5-12-23-19/h3-4,6-10,13H,1-2,5,11-12,14H2,(H,23,28)(H,24,30)(H,25,26). The molecule has 3 N–H and O–H groups in total. The monoisotopic (exact) mass is 497 g/mol. The maximum Gasteiger partial charge on any atom is 0.262 e. The van der Waals surface area contributed by atoms with Gasteiger partial charge in [-0.3, -0.25) is 18.9 Å². The summed E-state index contributed by atoms with van der Waals surface area (Å²) in [5, 5.41) is 10.5. The van der Waals surface area contributed by atoms with Crippen LogP contribution < -0.4 is 10.0 Å². The van der Waals surface area contributed by atoms with E-state index in [9.17, 15) is 13.2 Å². The Kier molecular flexibility index (Phi) is 6.24. The molecule has 0 bridgehead atoms. The van der Waals surface area contributed by atoms with Crippen molar-refractivity contribution < 1.29 is 13.2 Å². The highest BCUT2D eigenvalue weighted by Gasteiger charge is 2.18. The summed E-state index contributed by atoms with van der Waals surface area (Å²) in [4.78, 5) is 21.5. The van der Waals surface area contributed by atoms with Gasteiger partial charge in [0.15, 0.2) is 5.16 Å². The first-order valence-corrected chi connectivity index (χ1v) is 13.4. The summed E-state index contributed by atoms with van der Waals surface area (Å²) >= 11 is 1.26. The van der Waals surface area contributed by atoms with Crippen LogP contribution in [0.15, 0.2) is 63.6 Å². The number of hydrogen-bond donors (Lipinski definition) is 3. The number of benzene rings is 2. The van der Waals surface area contributed by atoms with Crippen molar-refractivity contribution in [3.8, 4) is 0 Å². The number of rotatable bonds is 6. The van der Waals surface area contributed by atoms with Gasteiger partial charge >= 0.3 is 0 Å². The molecule has 0 spiro atoms. The fourth-order valence-corrected chi connectivity index (χ4v) is 5.67. The molecule has 5 rings (SSSR count). The van der Waals surface area contributed by atoms with E-state index in [1.54, 1.807) is 12.1 Å². The number of para-hydroxylation sites is 2. The Labute approximate surface area is 200 Å². The first kappa shape index (κ1) is 22.4. The van der Waals surface area contributed by atoms with Crippen molar-refractivity contribution in [2.24, 2.45) is 4.99 Å². The van der Waals surface area contributed by atoms with Crippen LogP contribution in [-0.4, -0.2) is 52.0 Å². The Morgan fingerprint density at radius 2 is 2.00 bits per heavy atom. The molecule has 0 fully saturated rings. The number of imidazole rings is 1. The molecule has 34 heavy (non-hydrogen) atoms. The number of H-pyrrole nitrogens is 1. The zero-order valence-corrected chi connectivity index (χ0v) is 19.8. The van der Waals surface area contributed by atoms with Gasteiger partial charge < -0.3 is 5.32 Å². The lowest BCUT2D eigenvalue weighted by atomic mass is 10.2. The zero-order valence-electron chi connectivity index (χ0n) is 18.2. The van der Waals surface area contributed by atoms with Crippen LogP contribution in [0.5, 0.6) is 0 Å². The number of fused-ring (bicyclic) bond motifs is 3. The Morgan fingerprint density at radius 3 is 2.91 bits per heavy atom. The van der Waals surface area contributed by atoms with Crippen molar-refractivity contribution in [3.63, 3.8) is 0 Å². The molecule has 0 saturated carbocycles. The summed E-state index contributed by atoms with van der Waals surface area (Å²) < 4.78 is 30.1. The van der Waals surface area contributed by atoms with Gasteiger partial charge in [0.25, 0.3) is 10.0 Å². The van der Waals surface area contributed by atoms with Gasteiger partial charge in [-0.15, -0.1) is 5.10 Å².